The largest absolute Gasteiger partial charge is 0.391 e. The molecule has 1 atom stereocenters. The molecule has 0 radical (unpaired) electrons. The molecule has 2 aliphatic rings. The minimum atomic E-state index is -4.09. The molecule has 0 aromatic carbocycles. The van der Waals surface area contributed by atoms with Crippen molar-refractivity contribution >= 4 is 17.7 Å². The molecular weight excluding hydrogens is 289 g/mol. The minimum Gasteiger partial charge on any atom is -0.353 e. The molecule has 1 aliphatic carbocycles. The van der Waals surface area contributed by atoms with Crippen LogP contribution in [0.3, 0.4) is 0 Å². The Hall–Kier alpha value is -0.430. The van der Waals surface area contributed by atoms with Gasteiger partial charge in [0.2, 0.25) is 5.91 Å². The fraction of sp³-hybridized carbons (Fsp3) is 0.923. The fourth-order valence-electron chi connectivity index (χ4n) is 2.83. The van der Waals surface area contributed by atoms with Crippen LogP contribution in [0.1, 0.15) is 32.1 Å². The Labute approximate surface area is 121 Å². The second kappa shape index (κ2) is 7.02. The van der Waals surface area contributed by atoms with Crippen LogP contribution < -0.4 is 10.6 Å². The SMILES string of the molecule is O=C(CC1CSCCN1)NC1CCC(C(F)(F)F)CC1. The van der Waals surface area contributed by atoms with E-state index in [1.54, 1.807) is 0 Å². The molecule has 1 amide bonds. The smallest absolute Gasteiger partial charge is 0.353 e. The Kier molecular flexibility index (Phi) is 5.60. The fourth-order valence-corrected chi connectivity index (χ4v) is 3.78. The highest BCUT2D eigenvalue weighted by Crippen LogP contribution is 2.37. The summed E-state index contributed by atoms with van der Waals surface area (Å²) in [5.74, 6) is 0.765. The summed E-state index contributed by atoms with van der Waals surface area (Å²) < 4.78 is 37.6. The second-order valence-corrected chi connectivity index (χ2v) is 6.74. The van der Waals surface area contributed by atoms with Crippen molar-refractivity contribution in [3.63, 3.8) is 0 Å². The lowest BCUT2D eigenvalue weighted by Crippen LogP contribution is -2.45. The van der Waals surface area contributed by atoms with Gasteiger partial charge in [0, 0.05) is 36.6 Å². The van der Waals surface area contributed by atoms with Crippen LogP contribution in [0, 0.1) is 5.92 Å². The highest BCUT2D eigenvalue weighted by Gasteiger charge is 2.41. The van der Waals surface area contributed by atoms with Crippen molar-refractivity contribution in [3.05, 3.63) is 0 Å². The summed E-state index contributed by atoms with van der Waals surface area (Å²) >= 11 is 1.83. The van der Waals surface area contributed by atoms with Crippen LogP contribution in [0.4, 0.5) is 13.2 Å². The lowest BCUT2D eigenvalue weighted by atomic mass is 9.85. The van der Waals surface area contributed by atoms with Gasteiger partial charge in [-0.3, -0.25) is 4.79 Å². The van der Waals surface area contributed by atoms with Gasteiger partial charge < -0.3 is 10.6 Å². The van der Waals surface area contributed by atoms with E-state index in [0.29, 0.717) is 19.3 Å². The van der Waals surface area contributed by atoms with Crippen molar-refractivity contribution in [1.82, 2.24) is 10.6 Å². The number of carbonyl (C=O) groups is 1. The maximum atomic E-state index is 12.5. The molecular formula is C13H21F3N2OS. The summed E-state index contributed by atoms with van der Waals surface area (Å²) in [5, 5.41) is 6.17. The van der Waals surface area contributed by atoms with Gasteiger partial charge in [0.1, 0.15) is 0 Å². The third-order valence-electron chi connectivity index (χ3n) is 3.99. The lowest BCUT2D eigenvalue weighted by Gasteiger charge is -2.31. The van der Waals surface area contributed by atoms with Gasteiger partial charge in [0.05, 0.1) is 5.92 Å². The average molecular weight is 310 g/mol. The molecule has 1 saturated heterocycles. The van der Waals surface area contributed by atoms with Crippen LogP contribution in [-0.2, 0) is 4.79 Å². The van der Waals surface area contributed by atoms with Gasteiger partial charge in [-0.1, -0.05) is 0 Å². The van der Waals surface area contributed by atoms with E-state index in [2.05, 4.69) is 10.6 Å². The van der Waals surface area contributed by atoms with E-state index in [-0.39, 0.29) is 30.8 Å². The number of halogens is 3. The van der Waals surface area contributed by atoms with Gasteiger partial charge in [-0.2, -0.15) is 24.9 Å². The molecule has 3 nitrogen and oxygen atoms in total. The predicted molar refractivity (Wildman–Crippen MR) is 73.7 cm³/mol. The number of hydrogen-bond donors (Lipinski definition) is 2. The van der Waals surface area contributed by atoms with Crippen molar-refractivity contribution in [2.24, 2.45) is 5.92 Å². The van der Waals surface area contributed by atoms with E-state index >= 15 is 0 Å². The zero-order valence-electron chi connectivity index (χ0n) is 11.3. The van der Waals surface area contributed by atoms with E-state index in [9.17, 15) is 18.0 Å². The Morgan fingerprint density at radius 3 is 2.50 bits per heavy atom. The van der Waals surface area contributed by atoms with Gasteiger partial charge in [-0.05, 0) is 25.7 Å². The Balaban J connectivity index is 1.68. The van der Waals surface area contributed by atoms with E-state index < -0.39 is 12.1 Å². The second-order valence-electron chi connectivity index (χ2n) is 5.59. The summed E-state index contributed by atoms with van der Waals surface area (Å²) in [5.41, 5.74) is 0. The van der Waals surface area contributed by atoms with Gasteiger partial charge in [-0.25, -0.2) is 0 Å². The van der Waals surface area contributed by atoms with Crippen LogP contribution in [0.2, 0.25) is 0 Å². The third kappa shape index (κ3) is 4.84. The number of rotatable bonds is 3. The molecule has 0 bridgehead atoms. The van der Waals surface area contributed by atoms with Gasteiger partial charge in [0.25, 0.3) is 0 Å². The first-order chi connectivity index (χ1) is 9.45. The third-order valence-corrected chi connectivity index (χ3v) is 5.12. The van der Waals surface area contributed by atoms with Crippen LogP contribution in [0.15, 0.2) is 0 Å². The zero-order chi connectivity index (χ0) is 14.6. The topological polar surface area (TPSA) is 41.1 Å². The summed E-state index contributed by atoms with van der Waals surface area (Å²) in [6.45, 7) is 0.916. The van der Waals surface area contributed by atoms with Crippen molar-refractivity contribution in [1.29, 1.82) is 0 Å². The van der Waals surface area contributed by atoms with Gasteiger partial charge >= 0.3 is 6.18 Å². The highest BCUT2D eigenvalue weighted by molar-refractivity contribution is 7.99. The summed E-state index contributed by atoms with van der Waals surface area (Å²) in [6, 6.07) is 0.109. The van der Waals surface area contributed by atoms with Crippen molar-refractivity contribution < 1.29 is 18.0 Å². The number of nitrogens with one attached hydrogen (secondary N) is 2. The maximum absolute atomic E-state index is 12.5. The number of hydrogen-bond acceptors (Lipinski definition) is 3. The van der Waals surface area contributed by atoms with Crippen LogP contribution >= 0.6 is 11.8 Å². The lowest BCUT2D eigenvalue weighted by molar-refractivity contribution is -0.182. The van der Waals surface area contributed by atoms with E-state index in [0.717, 1.165) is 18.1 Å². The zero-order valence-corrected chi connectivity index (χ0v) is 12.2. The monoisotopic (exact) mass is 310 g/mol. The van der Waals surface area contributed by atoms with Crippen molar-refractivity contribution in [2.45, 2.75) is 50.4 Å². The van der Waals surface area contributed by atoms with Gasteiger partial charge in [0.15, 0.2) is 0 Å². The Morgan fingerprint density at radius 2 is 1.95 bits per heavy atom. The molecule has 2 N–H and O–H groups in total. The molecule has 2 fully saturated rings. The van der Waals surface area contributed by atoms with Crippen LogP contribution in [0.5, 0.6) is 0 Å². The normalized spacial score (nSPS) is 31.9. The average Bonchev–Trinajstić information content (AvgIpc) is 2.39. The molecule has 1 aliphatic heterocycles. The molecule has 20 heavy (non-hydrogen) atoms. The van der Waals surface area contributed by atoms with Crippen molar-refractivity contribution in [3.8, 4) is 0 Å². The van der Waals surface area contributed by atoms with Crippen LogP contribution in [-0.4, -0.2) is 42.2 Å². The van der Waals surface area contributed by atoms with Crippen LogP contribution in [0.25, 0.3) is 0 Å². The van der Waals surface area contributed by atoms with E-state index in [1.807, 2.05) is 11.8 Å². The first kappa shape index (κ1) is 15.9. The predicted octanol–water partition coefficient (Wildman–Crippen LogP) is 2.32. The molecule has 1 unspecified atom stereocenters. The highest BCUT2D eigenvalue weighted by atomic mass is 32.2. The maximum Gasteiger partial charge on any atom is 0.391 e. The summed E-state index contributed by atoms with van der Waals surface area (Å²) in [6.07, 6.45) is -2.53. The minimum absolute atomic E-state index is 0.0412. The first-order valence-corrected chi connectivity index (χ1v) is 8.28. The van der Waals surface area contributed by atoms with E-state index in [4.69, 9.17) is 0 Å². The Bertz CT molecular complexity index is 324. The van der Waals surface area contributed by atoms with Gasteiger partial charge in [-0.15, -0.1) is 0 Å². The van der Waals surface area contributed by atoms with E-state index in [1.165, 1.54) is 0 Å². The summed E-state index contributed by atoms with van der Waals surface area (Å²) in [4.78, 5) is 11.9. The standard InChI is InChI=1S/C13H21F3N2OS/c14-13(15,16)9-1-3-10(4-2-9)18-12(19)7-11-8-20-6-5-17-11/h9-11,17H,1-8H2,(H,18,19). The molecule has 1 saturated carbocycles. The Morgan fingerprint density at radius 1 is 1.25 bits per heavy atom. The molecule has 0 spiro atoms. The number of thioether (sulfide) groups is 1. The summed E-state index contributed by atoms with van der Waals surface area (Å²) in [7, 11) is 0. The molecule has 0 aromatic heterocycles. The molecule has 7 heteroatoms. The molecule has 116 valence electrons. The molecule has 1 heterocycles. The first-order valence-electron chi connectivity index (χ1n) is 7.12. The van der Waals surface area contributed by atoms with Crippen molar-refractivity contribution in [2.75, 3.05) is 18.1 Å². The number of alkyl halides is 3. The quantitative estimate of drug-likeness (QED) is 0.840. The number of carbonyl (C=O) groups excluding carboxylic acids is 1. The molecule has 2 rings (SSSR count). The number of amides is 1. The molecule has 0 aromatic rings.